The maximum Gasteiger partial charge on any atom is 0.247 e. The zero-order valence-electron chi connectivity index (χ0n) is 8.98. The molecule has 0 radical (unpaired) electrons. The number of nitrogens with zero attached hydrogens (tertiary/aromatic N) is 5. The smallest absolute Gasteiger partial charge is 0.245 e. The van der Waals surface area contributed by atoms with Gasteiger partial charge >= 0.3 is 0 Å². The van der Waals surface area contributed by atoms with Crippen LogP contribution in [0.25, 0.3) is 0 Å². The second-order valence-corrected chi connectivity index (χ2v) is 3.55. The number of hydrogen-bond acceptors (Lipinski definition) is 3. The van der Waals surface area contributed by atoms with E-state index in [9.17, 15) is 0 Å². The molecule has 3 rings (SSSR count). The molecule has 0 N–H and O–H groups in total. The summed E-state index contributed by atoms with van der Waals surface area (Å²) >= 11 is 0. The van der Waals surface area contributed by atoms with E-state index >= 15 is 0 Å². The van der Waals surface area contributed by atoms with E-state index in [2.05, 4.69) is 25.0 Å². The molecule has 0 aliphatic carbocycles. The van der Waals surface area contributed by atoms with Crippen LogP contribution in [-0.4, -0.2) is 30.1 Å². The average molecular weight is 223 g/mol. The highest BCUT2D eigenvalue weighted by atomic mass is 15.2. The fourth-order valence-electron chi connectivity index (χ4n) is 1.51. The predicted molar refractivity (Wildman–Crippen MR) is 69.4 cm³/mol. The summed E-state index contributed by atoms with van der Waals surface area (Å²) in [4.78, 5) is 20.6. The highest BCUT2D eigenvalue weighted by Gasteiger charge is 2.14. The normalized spacial score (nSPS) is 19.2. The molecule has 2 aliphatic rings. The Morgan fingerprint density at radius 2 is 1.94 bits per heavy atom. The van der Waals surface area contributed by atoms with Gasteiger partial charge in [0.25, 0.3) is 0 Å². The molecule has 0 amide bonds. The molecular formula is C12H9N5. The summed E-state index contributed by atoms with van der Waals surface area (Å²) in [7, 11) is 0. The number of rotatable bonds is 2. The second-order valence-electron chi connectivity index (χ2n) is 3.55. The molecule has 0 atom stereocenters. The maximum atomic E-state index is 4.32. The molecule has 5 nitrogen and oxygen atoms in total. The van der Waals surface area contributed by atoms with E-state index in [4.69, 9.17) is 0 Å². The standard InChI is InChI=1S/C12H9N5/c1-2-4-9(5-3-1)6-13-12-14-7-10-11(17-12)16-8-15-10/h1-5,7-8H,6H2. The molecule has 0 bridgehead atoms. The fourth-order valence-corrected chi connectivity index (χ4v) is 1.51. The van der Waals surface area contributed by atoms with Crippen molar-refractivity contribution in [1.29, 1.82) is 0 Å². The van der Waals surface area contributed by atoms with Crippen LogP contribution in [-0.2, 0) is 6.54 Å². The minimum absolute atomic E-state index is 0.446. The first-order valence-electron chi connectivity index (χ1n) is 5.24. The van der Waals surface area contributed by atoms with Crippen LogP contribution < -0.4 is 0 Å². The third-order valence-corrected chi connectivity index (χ3v) is 2.36. The first kappa shape index (κ1) is 9.77. The van der Waals surface area contributed by atoms with E-state index in [1.165, 1.54) is 6.34 Å². The van der Waals surface area contributed by atoms with Crippen LogP contribution in [0.5, 0.6) is 0 Å². The Morgan fingerprint density at radius 3 is 2.82 bits per heavy atom. The summed E-state index contributed by atoms with van der Waals surface area (Å²) in [5.74, 6) is 1.04. The highest BCUT2D eigenvalue weighted by Crippen LogP contribution is 2.04. The van der Waals surface area contributed by atoms with Gasteiger partial charge in [-0.05, 0) is 5.56 Å². The van der Waals surface area contributed by atoms with Crippen molar-refractivity contribution in [1.82, 2.24) is 0 Å². The summed E-state index contributed by atoms with van der Waals surface area (Å²) in [6.07, 6.45) is 3.11. The lowest BCUT2D eigenvalue weighted by Gasteiger charge is -2.02. The van der Waals surface area contributed by atoms with Crippen LogP contribution in [0.2, 0.25) is 0 Å². The van der Waals surface area contributed by atoms with Crippen molar-refractivity contribution < 1.29 is 0 Å². The SMILES string of the molecule is C1=NC(=NCc2ccccc2)N=C2N=CN=C12. The molecular weight excluding hydrogens is 214 g/mol. The Hall–Kier alpha value is -2.43. The molecule has 0 saturated carbocycles. The summed E-state index contributed by atoms with van der Waals surface area (Å²) in [5.41, 5.74) is 1.83. The van der Waals surface area contributed by atoms with Crippen molar-refractivity contribution in [2.75, 3.05) is 0 Å². The lowest BCUT2D eigenvalue weighted by Crippen LogP contribution is -2.17. The summed E-state index contributed by atoms with van der Waals surface area (Å²) in [6.45, 7) is 0.570. The van der Waals surface area contributed by atoms with Gasteiger partial charge in [0.15, 0.2) is 5.84 Å². The zero-order chi connectivity index (χ0) is 11.5. The monoisotopic (exact) mass is 223 g/mol. The lowest BCUT2D eigenvalue weighted by molar-refractivity contribution is 1.05. The number of guanidine groups is 1. The van der Waals surface area contributed by atoms with Gasteiger partial charge in [0.05, 0.1) is 12.8 Å². The summed E-state index contributed by atoms with van der Waals surface area (Å²) in [6, 6.07) is 9.98. The van der Waals surface area contributed by atoms with Crippen molar-refractivity contribution in [2.45, 2.75) is 6.54 Å². The largest absolute Gasteiger partial charge is 0.247 e. The van der Waals surface area contributed by atoms with Crippen molar-refractivity contribution in [2.24, 2.45) is 25.0 Å². The van der Waals surface area contributed by atoms with Gasteiger partial charge in [-0.25, -0.2) is 20.0 Å². The summed E-state index contributed by atoms with van der Waals surface area (Å²) in [5, 5.41) is 0. The van der Waals surface area contributed by atoms with Gasteiger partial charge in [-0.3, -0.25) is 0 Å². The van der Waals surface area contributed by atoms with Crippen molar-refractivity contribution in [3.8, 4) is 0 Å². The Labute approximate surface area is 98.1 Å². The molecule has 82 valence electrons. The van der Waals surface area contributed by atoms with E-state index in [0.717, 1.165) is 5.56 Å². The Bertz CT molecular complexity index is 578. The van der Waals surface area contributed by atoms with Crippen LogP contribution >= 0.6 is 0 Å². The van der Waals surface area contributed by atoms with E-state index < -0.39 is 0 Å². The molecule has 1 aromatic rings. The number of fused-ring (bicyclic) bond motifs is 1. The van der Waals surface area contributed by atoms with Gasteiger partial charge in [0.2, 0.25) is 5.96 Å². The Kier molecular flexibility index (Phi) is 2.42. The maximum absolute atomic E-state index is 4.32. The molecule has 2 heterocycles. The molecule has 5 heteroatoms. The van der Waals surface area contributed by atoms with E-state index in [0.29, 0.717) is 24.1 Å². The highest BCUT2D eigenvalue weighted by molar-refractivity contribution is 6.67. The molecule has 2 aliphatic heterocycles. The molecule has 0 aromatic heterocycles. The molecule has 0 spiro atoms. The minimum atomic E-state index is 0.446. The van der Waals surface area contributed by atoms with E-state index in [1.54, 1.807) is 6.21 Å². The molecule has 17 heavy (non-hydrogen) atoms. The molecule has 0 unspecified atom stereocenters. The minimum Gasteiger partial charge on any atom is -0.245 e. The van der Waals surface area contributed by atoms with Gasteiger partial charge in [-0.2, -0.15) is 4.99 Å². The number of hydrogen-bond donors (Lipinski definition) is 0. The van der Waals surface area contributed by atoms with Gasteiger partial charge < -0.3 is 0 Å². The van der Waals surface area contributed by atoms with Crippen LogP contribution in [0.3, 0.4) is 0 Å². The molecule has 1 aromatic carbocycles. The average Bonchev–Trinajstić information content (AvgIpc) is 2.85. The van der Waals surface area contributed by atoms with Gasteiger partial charge in [-0.15, -0.1) is 0 Å². The predicted octanol–water partition coefficient (Wildman–Crippen LogP) is 1.51. The van der Waals surface area contributed by atoms with Gasteiger partial charge in [0, 0.05) is 0 Å². The Morgan fingerprint density at radius 1 is 1.06 bits per heavy atom. The first-order valence-corrected chi connectivity index (χ1v) is 5.24. The van der Waals surface area contributed by atoms with Crippen molar-refractivity contribution in [3.63, 3.8) is 0 Å². The third-order valence-electron chi connectivity index (χ3n) is 2.36. The van der Waals surface area contributed by atoms with E-state index in [-0.39, 0.29) is 0 Å². The van der Waals surface area contributed by atoms with Crippen molar-refractivity contribution >= 4 is 30.1 Å². The van der Waals surface area contributed by atoms with Crippen LogP contribution in [0.1, 0.15) is 5.56 Å². The molecule has 0 saturated heterocycles. The third kappa shape index (κ3) is 2.08. The van der Waals surface area contributed by atoms with Crippen LogP contribution in [0.15, 0.2) is 55.3 Å². The number of aliphatic imine (C=N–C) groups is 5. The second kappa shape index (κ2) is 4.21. The van der Waals surface area contributed by atoms with Gasteiger partial charge in [0.1, 0.15) is 12.1 Å². The number of amidine groups is 1. The van der Waals surface area contributed by atoms with E-state index in [1.807, 2.05) is 30.3 Å². The fraction of sp³-hybridized carbons (Fsp3) is 0.0833. The summed E-state index contributed by atoms with van der Waals surface area (Å²) < 4.78 is 0. The topological polar surface area (TPSA) is 61.8 Å². The Balaban J connectivity index is 1.78. The zero-order valence-corrected chi connectivity index (χ0v) is 8.98. The van der Waals surface area contributed by atoms with Crippen molar-refractivity contribution in [3.05, 3.63) is 35.9 Å². The molecule has 0 fully saturated rings. The number of benzene rings is 1. The lowest BCUT2D eigenvalue weighted by atomic mass is 10.2. The quantitative estimate of drug-likeness (QED) is 0.729. The van der Waals surface area contributed by atoms with Crippen LogP contribution in [0, 0.1) is 0 Å². The first-order chi connectivity index (χ1) is 8.42. The van der Waals surface area contributed by atoms with Crippen LogP contribution in [0.4, 0.5) is 0 Å². The van der Waals surface area contributed by atoms with Gasteiger partial charge in [-0.1, -0.05) is 30.3 Å².